The molecular formula is C22H32BF4NO5S. The third-order valence-corrected chi connectivity index (χ3v) is 7.42. The first-order chi connectivity index (χ1) is 15.3. The predicted octanol–water partition coefficient (Wildman–Crippen LogP) is 4.19. The van der Waals surface area contributed by atoms with Crippen LogP contribution in [-0.4, -0.2) is 39.9 Å². The molecule has 1 heterocycles. The summed E-state index contributed by atoms with van der Waals surface area (Å²) >= 11 is 0. The number of hydrogen-bond donors (Lipinski definition) is 1. The molecule has 34 heavy (non-hydrogen) atoms. The van der Waals surface area contributed by atoms with E-state index in [0.717, 1.165) is 6.07 Å². The van der Waals surface area contributed by atoms with E-state index >= 15 is 4.39 Å². The Labute approximate surface area is 200 Å². The van der Waals surface area contributed by atoms with Crippen LogP contribution in [0, 0.1) is 5.82 Å². The van der Waals surface area contributed by atoms with Gasteiger partial charge in [-0.1, -0.05) is 6.07 Å². The summed E-state index contributed by atoms with van der Waals surface area (Å²) in [6, 6.07) is 0.439. The van der Waals surface area contributed by atoms with E-state index in [4.69, 9.17) is 14.0 Å². The summed E-state index contributed by atoms with van der Waals surface area (Å²) in [5.41, 5.74) is -3.78. The monoisotopic (exact) mass is 509 g/mol. The van der Waals surface area contributed by atoms with E-state index < -0.39 is 75.6 Å². The average Bonchev–Trinajstić information content (AvgIpc) is 2.87. The average molecular weight is 509 g/mol. The Hall–Kier alpha value is -1.50. The van der Waals surface area contributed by atoms with Gasteiger partial charge in [0.1, 0.15) is 5.82 Å². The van der Waals surface area contributed by atoms with E-state index in [1.807, 2.05) is 0 Å². The van der Waals surface area contributed by atoms with Crippen molar-refractivity contribution >= 4 is 29.5 Å². The highest BCUT2D eigenvalue weighted by Gasteiger charge is 2.52. The van der Waals surface area contributed by atoms with E-state index in [1.165, 1.54) is 0 Å². The minimum Gasteiger partial charge on any atom is -0.466 e. The molecule has 0 aliphatic carbocycles. The molecule has 1 fully saturated rings. The molecular weight excluding hydrogens is 477 g/mol. The van der Waals surface area contributed by atoms with Crippen molar-refractivity contribution < 1.29 is 40.6 Å². The molecule has 6 nitrogen and oxygen atoms in total. The van der Waals surface area contributed by atoms with Crippen LogP contribution in [0.1, 0.15) is 79.0 Å². The van der Waals surface area contributed by atoms with Gasteiger partial charge in [0.25, 0.3) is 0 Å². The Bertz CT molecular complexity index is 930. The van der Waals surface area contributed by atoms with Crippen LogP contribution in [0.2, 0.25) is 0 Å². The Balaban J connectivity index is 2.65. The van der Waals surface area contributed by atoms with Crippen molar-refractivity contribution in [2.45, 2.75) is 90.0 Å². The summed E-state index contributed by atoms with van der Waals surface area (Å²) in [5, 5.41) is 0. The second-order valence-corrected chi connectivity index (χ2v) is 12.1. The lowest BCUT2D eigenvalue weighted by molar-refractivity contribution is -0.143. The zero-order valence-electron chi connectivity index (χ0n) is 20.7. The van der Waals surface area contributed by atoms with Crippen molar-refractivity contribution in [2.24, 2.45) is 0 Å². The van der Waals surface area contributed by atoms with E-state index in [-0.39, 0.29) is 12.1 Å². The van der Waals surface area contributed by atoms with Crippen molar-refractivity contribution in [3.8, 4) is 0 Å². The molecule has 2 rings (SSSR count). The maximum atomic E-state index is 15.3. The smallest absolute Gasteiger partial charge is 0.466 e. The fraction of sp³-hybridized carbons (Fsp3) is 0.682. The van der Waals surface area contributed by atoms with Crippen LogP contribution in [0.15, 0.2) is 12.1 Å². The van der Waals surface area contributed by atoms with Crippen LogP contribution in [-0.2, 0) is 36.0 Å². The van der Waals surface area contributed by atoms with Crippen LogP contribution in [0.25, 0.3) is 0 Å². The zero-order chi connectivity index (χ0) is 26.3. The van der Waals surface area contributed by atoms with Crippen molar-refractivity contribution in [3.05, 3.63) is 29.1 Å². The summed E-state index contributed by atoms with van der Waals surface area (Å²) in [5.74, 6) is -2.35. The summed E-state index contributed by atoms with van der Waals surface area (Å²) in [7, 11) is -3.03. The number of hydrogen-bond acceptors (Lipinski definition) is 5. The van der Waals surface area contributed by atoms with E-state index in [2.05, 4.69) is 4.72 Å². The number of nitrogens with one attached hydrogen (secondary N) is 1. The second kappa shape index (κ2) is 9.87. The topological polar surface area (TPSA) is 73.9 Å². The molecule has 1 saturated heterocycles. The summed E-state index contributed by atoms with van der Waals surface area (Å²) < 4.78 is 87.9. The Morgan fingerprint density at radius 3 is 2.12 bits per heavy atom. The molecule has 12 heteroatoms. The van der Waals surface area contributed by atoms with Gasteiger partial charge < -0.3 is 14.0 Å². The standard InChI is InChI=1S/C22H32BF4NO5S/c1-9-31-17(29)12-16(28-34(30)19(2,3)4)14-10-13(11-15(18(14)24)22(25,26)27)23-32-20(5,6)21(7,8)33-23/h10-11,16,28H,9,12H2,1-8H3/t16-,34?/m0/s1. The highest BCUT2D eigenvalue weighted by Crippen LogP contribution is 2.39. The number of rotatable bonds is 7. The molecule has 1 aromatic carbocycles. The number of alkyl halides is 3. The van der Waals surface area contributed by atoms with Crippen LogP contribution >= 0.6 is 0 Å². The Morgan fingerprint density at radius 2 is 1.68 bits per heavy atom. The summed E-state index contributed by atoms with van der Waals surface area (Å²) in [6.45, 7) is 13.4. The van der Waals surface area contributed by atoms with Gasteiger partial charge in [-0.05, 0) is 66.9 Å². The van der Waals surface area contributed by atoms with Crippen molar-refractivity contribution in [3.63, 3.8) is 0 Å². The first-order valence-electron chi connectivity index (χ1n) is 10.9. The highest BCUT2D eigenvalue weighted by molar-refractivity contribution is 7.84. The lowest BCUT2D eigenvalue weighted by Crippen LogP contribution is -2.41. The van der Waals surface area contributed by atoms with Crippen molar-refractivity contribution in [2.75, 3.05) is 6.61 Å². The Kier molecular flexibility index (Phi) is 8.34. The van der Waals surface area contributed by atoms with Gasteiger partial charge in [-0.15, -0.1) is 0 Å². The molecule has 0 amide bonds. The fourth-order valence-corrected chi connectivity index (χ4v) is 3.98. The predicted molar refractivity (Wildman–Crippen MR) is 122 cm³/mol. The maximum Gasteiger partial charge on any atom is 0.494 e. The van der Waals surface area contributed by atoms with Gasteiger partial charge in [-0.2, -0.15) is 13.2 Å². The molecule has 1 unspecified atom stereocenters. The molecule has 1 aliphatic rings. The molecule has 0 aromatic heterocycles. The summed E-state index contributed by atoms with van der Waals surface area (Å²) in [4.78, 5) is 12.2. The SMILES string of the molecule is CCOC(=O)C[C@H](NS(=O)C(C)(C)C)c1cc(B2OC(C)(C)C(C)(C)O2)cc(C(F)(F)F)c1F. The van der Waals surface area contributed by atoms with Crippen molar-refractivity contribution in [1.82, 2.24) is 4.72 Å². The third kappa shape index (κ3) is 6.38. The van der Waals surface area contributed by atoms with Gasteiger partial charge in [-0.25, -0.2) is 13.3 Å². The van der Waals surface area contributed by atoms with E-state index in [0.29, 0.717) is 6.07 Å². The molecule has 0 radical (unpaired) electrons. The van der Waals surface area contributed by atoms with Gasteiger partial charge in [0, 0.05) is 5.56 Å². The second-order valence-electron chi connectivity index (χ2n) is 10.1. The lowest BCUT2D eigenvalue weighted by Gasteiger charge is -2.32. The van der Waals surface area contributed by atoms with Gasteiger partial charge in [0.05, 0.1) is 51.6 Å². The quantitative estimate of drug-likeness (QED) is 0.339. The molecule has 1 N–H and O–H groups in total. The first kappa shape index (κ1) is 28.7. The molecule has 0 bridgehead atoms. The normalized spacial score (nSPS) is 19.7. The fourth-order valence-electron chi connectivity index (χ4n) is 3.15. The van der Waals surface area contributed by atoms with Crippen LogP contribution in [0.3, 0.4) is 0 Å². The number of benzene rings is 1. The van der Waals surface area contributed by atoms with Gasteiger partial charge in [0.15, 0.2) is 0 Å². The van der Waals surface area contributed by atoms with Crippen LogP contribution in [0.5, 0.6) is 0 Å². The van der Waals surface area contributed by atoms with E-state index in [9.17, 15) is 22.2 Å². The highest BCUT2D eigenvalue weighted by atomic mass is 32.2. The van der Waals surface area contributed by atoms with Crippen molar-refractivity contribution in [1.29, 1.82) is 0 Å². The zero-order valence-corrected chi connectivity index (χ0v) is 21.5. The number of ether oxygens (including phenoxy) is 1. The molecule has 1 aromatic rings. The molecule has 2 atom stereocenters. The van der Waals surface area contributed by atoms with Gasteiger partial charge >= 0.3 is 19.3 Å². The van der Waals surface area contributed by atoms with Crippen LogP contribution < -0.4 is 10.2 Å². The number of carbonyl (C=O) groups is 1. The molecule has 0 spiro atoms. The molecule has 192 valence electrons. The molecule has 0 saturated carbocycles. The molecule has 1 aliphatic heterocycles. The van der Waals surface area contributed by atoms with Gasteiger partial charge in [0.2, 0.25) is 0 Å². The van der Waals surface area contributed by atoms with E-state index in [1.54, 1.807) is 55.4 Å². The number of halogens is 4. The largest absolute Gasteiger partial charge is 0.494 e. The third-order valence-electron chi connectivity index (χ3n) is 5.81. The summed E-state index contributed by atoms with van der Waals surface area (Å²) in [6.07, 6.45) is -5.56. The Morgan fingerprint density at radius 1 is 1.15 bits per heavy atom. The lowest BCUT2D eigenvalue weighted by atomic mass is 9.76. The minimum atomic E-state index is -5.03. The minimum absolute atomic E-state index is 0.0259. The van der Waals surface area contributed by atoms with Crippen LogP contribution in [0.4, 0.5) is 17.6 Å². The van der Waals surface area contributed by atoms with Gasteiger partial charge in [-0.3, -0.25) is 4.79 Å². The number of carbonyl (C=O) groups excluding carboxylic acids is 1. The maximum absolute atomic E-state index is 15.3. The first-order valence-corrected chi connectivity index (χ1v) is 12.0. The number of esters is 1.